The van der Waals surface area contributed by atoms with E-state index >= 15 is 0 Å². The lowest BCUT2D eigenvalue weighted by molar-refractivity contribution is -0.127. The van der Waals surface area contributed by atoms with Gasteiger partial charge in [0.2, 0.25) is 5.91 Å². The zero-order valence-electron chi connectivity index (χ0n) is 11.8. The van der Waals surface area contributed by atoms with Gasteiger partial charge in [-0.2, -0.15) is 0 Å². The molecule has 1 aliphatic heterocycles. The van der Waals surface area contributed by atoms with Crippen LogP contribution in [0.15, 0.2) is 46.4 Å². The Labute approximate surface area is 128 Å². The number of nitrogens with zero attached hydrogens (tertiary/aromatic N) is 2. The molecule has 0 spiro atoms. The van der Waals surface area contributed by atoms with E-state index in [1.807, 2.05) is 17.0 Å². The molecule has 1 aliphatic rings. The van der Waals surface area contributed by atoms with Gasteiger partial charge in [-0.05, 0) is 29.7 Å². The van der Waals surface area contributed by atoms with Gasteiger partial charge < -0.3 is 9.32 Å². The zero-order chi connectivity index (χ0) is 14.5. The van der Waals surface area contributed by atoms with E-state index in [2.05, 4.69) is 22.4 Å². The molecule has 3 heterocycles. The summed E-state index contributed by atoms with van der Waals surface area (Å²) in [6.07, 6.45) is 4.92. The summed E-state index contributed by atoms with van der Waals surface area (Å²) in [5.41, 5.74) is 0. The standard InChI is InChI=1S/C16H18N2O2S/c19-16(6-5-14-3-1-11-20-14)18-9-7-17(8-10-18)13-15-4-2-12-21-15/h1-6,11-12H,7-10,13H2/b6-5+. The van der Waals surface area contributed by atoms with Gasteiger partial charge in [-0.3, -0.25) is 9.69 Å². The molecule has 1 amide bonds. The van der Waals surface area contributed by atoms with Crippen molar-refractivity contribution < 1.29 is 9.21 Å². The molecule has 0 saturated carbocycles. The van der Waals surface area contributed by atoms with E-state index in [4.69, 9.17) is 4.42 Å². The third kappa shape index (κ3) is 3.83. The second-order valence-corrected chi connectivity index (χ2v) is 6.06. The molecule has 0 atom stereocenters. The number of carbonyl (C=O) groups is 1. The van der Waals surface area contributed by atoms with Crippen molar-refractivity contribution in [3.05, 3.63) is 52.6 Å². The van der Waals surface area contributed by atoms with Crippen molar-refractivity contribution in [2.75, 3.05) is 26.2 Å². The fraction of sp³-hybridized carbons (Fsp3) is 0.312. The summed E-state index contributed by atoms with van der Waals surface area (Å²) in [5.74, 6) is 0.766. The van der Waals surface area contributed by atoms with Crippen molar-refractivity contribution in [2.45, 2.75) is 6.54 Å². The number of amides is 1. The molecule has 110 valence electrons. The van der Waals surface area contributed by atoms with E-state index < -0.39 is 0 Å². The van der Waals surface area contributed by atoms with Crippen molar-refractivity contribution >= 4 is 23.3 Å². The average molecular weight is 302 g/mol. The Balaban J connectivity index is 1.47. The van der Waals surface area contributed by atoms with Crippen LogP contribution in [-0.4, -0.2) is 41.9 Å². The minimum absolute atomic E-state index is 0.0576. The number of hydrogen-bond donors (Lipinski definition) is 0. The predicted octanol–water partition coefficient (Wildman–Crippen LogP) is 2.70. The molecule has 2 aromatic heterocycles. The smallest absolute Gasteiger partial charge is 0.246 e. The van der Waals surface area contributed by atoms with E-state index in [0.717, 1.165) is 32.7 Å². The van der Waals surface area contributed by atoms with Crippen LogP contribution in [-0.2, 0) is 11.3 Å². The van der Waals surface area contributed by atoms with Crippen LogP contribution in [0.1, 0.15) is 10.6 Å². The number of hydrogen-bond acceptors (Lipinski definition) is 4. The SMILES string of the molecule is O=C(/C=C/c1ccco1)N1CCN(Cc2cccs2)CC1. The monoisotopic (exact) mass is 302 g/mol. The molecule has 0 aliphatic carbocycles. The fourth-order valence-corrected chi connectivity index (χ4v) is 3.14. The van der Waals surface area contributed by atoms with Crippen molar-refractivity contribution in [3.8, 4) is 0 Å². The maximum Gasteiger partial charge on any atom is 0.246 e. The fourth-order valence-electron chi connectivity index (χ4n) is 2.39. The number of piperazine rings is 1. The first kappa shape index (κ1) is 14.1. The first-order valence-corrected chi connectivity index (χ1v) is 7.94. The van der Waals surface area contributed by atoms with Gasteiger partial charge in [0, 0.05) is 43.7 Å². The molecule has 1 saturated heterocycles. The number of furan rings is 1. The third-order valence-corrected chi connectivity index (χ3v) is 4.44. The largest absolute Gasteiger partial charge is 0.465 e. The van der Waals surface area contributed by atoms with Gasteiger partial charge in [-0.1, -0.05) is 6.07 Å². The van der Waals surface area contributed by atoms with Crippen LogP contribution in [0.3, 0.4) is 0 Å². The number of thiophene rings is 1. The number of carbonyl (C=O) groups excluding carboxylic acids is 1. The Hall–Kier alpha value is -1.85. The van der Waals surface area contributed by atoms with Gasteiger partial charge in [-0.25, -0.2) is 0 Å². The lowest BCUT2D eigenvalue weighted by atomic mass is 10.3. The third-order valence-electron chi connectivity index (χ3n) is 3.58. The highest BCUT2D eigenvalue weighted by Crippen LogP contribution is 2.14. The Morgan fingerprint density at radius 1 is 1.24 bits per heavy atom. The lowest BCUT2D eigenvalue weighted by Crippen LogP contribution is -2.47. The van der Waals surface area contributed by atoms with Crippen molar-refractivity contribution in [2.24, 2.45) is 0 Å². The van der Waals surface area contributed by atoms with E-state index in [-0.39, 0.29) is 5.91 Å². The molecular formula is C16H18N2O2S. The summed E-state index contributed by atoms with van der Waals surface area (Å²) in [6, 6.07) is 7.89. The molecule has 2 aromatic rings. The average Bonchev–Trinajstić information content (AvgIpc) is 3.19. The first-order chi connectivity index (χ1) is 10.3. The van der Waals surface area contributed by atoms with E-state index in [1.54, 1.807) is 29.8 Å². The molecule has 0 unspecified atom stereocenters. The van der Waals surface area contributed by atoms with E-state index in [0.29, 0.717) is 5.76 Å². The van der Waals surface area contributed by atoms with Gasteiger partial charge in [0.25, 0.3) is 0 Å². The van der Waals surface area contributed by atoms with Gasteiger partial charge in [-0.15, -0.1) is 11.3 Å². The van der Waals surface area contributed by atoms with Gasteiger partial charge in [0.15, 0.2) is 0 Å². The maximum absolute atomic E-state index is 12.1. The summed E-state index contributed by atoms with van der Waals surface area (Å²) in [5, 5.41) is 2.11. The van der Waals surface area contributed by atoms with Crippen LogP contribution < -0.4 is 0 Å². The topological polar surface area (TPSA) is 36.7 Å². The Morgan fingerprint density at radius 3 is 2.76 bits per heavy atom. The van der Waals surface area contributed by atoms with E-state index in [9.17, 15) is 4.79 Å². The van der Waals surface area contributed by atoms with Gasteiger partial charge in [0.05, 0.1) is 6.26 Å². The number of rotatable bonds is 4. The van der Waals surface area contributed by atoms with Crippen LogP contribution in [0, 0.1) is 0 Å². The van der Waals surface area contributed by atoms with Crippen molar-refractivity contribution in [1.82, 2.24) is 9.80 Å². The summed E-state index contributed by atoms with van der Waals surface area (Å²) in [7, 11) is 0. The molecule has 0 bridgehead atoms. The van der Waals surface area contributed by atoms with Crippen LogP contribution in [0.5, 0.6) is 0 Å². The quantitative estimate of drug-likeness (QED) is 0.815. The summed E-state index contributed by atoms with van der Waals surface area (Å²) < 4.78 is 5.18. The normalized spacial score (nSPS) is 16.7. The van der Waals surface area contributed by atoms with E-state index in [1.165, 1.54) is 4.88 Å². The minimum atomic E-state index is 0.0576. The molecule has 0 N–H and O–H groups in total. The summed E-state index contributed by atoms with van der Waals surface area (Å²) in [4.78, 5) is 17.8. The highest BCUT2D eigenvalue weighted by Gasteiger charge is 2.19. The van der Waals surface area contributed by atoms with Crippen molar-refractivity contribution in [3.63, 3.8) is 0 Å². The molecule has 3 rings (SSSR count). The summed E-state index contributed by atoms with van der Waals surface area (Å²) in [6.45, 7) is 4.41. The van der Waals surface area contributed by atoms with Crippen molar-refractivity contribution in [1.29, 1.82) is 0 Å². The highest BCUT2D eigenvalue weighted by molar-refractivity contribution is 7.09. The summed E-state index contributed by atoms with van der Waals surface area (Å²) >= 11 is 1.79. The maximum atomic E-state index is 12.1. The molecule has 1 fully saturated rings. The second kappa shape index (κ2) is 6.74. The minimum Gasteiger partial charge on any atom is -0.465 e. The van der Waals surface area contributed by atoms with Crippen LogP contribution in [0.4, 0.5) is 0 Å². The van der Waals surface area contributed by atoms with Gasteiger partial charge in [0.1, 0.15) is 5.76 Å². The van der Waals surface area contributed by atoms with Gasteiger partial charge >= 0.3 is 0 Å². The van der Waals surface area contributed by atoms with Crippen LogP contribution >= 0.6 is 11.3 Å². The lowest BCUT2D eigenvalue weighted by Gasteiger charge is -2.33. The molecular weight excluding hydrogens is 284 g/mol. The highest BCUT2D eigenvalue weighted by atomic mass is 32.1. The zero-order valence-corrected chi connectivity index (χ0v) is 12.6. The molecule has 0 radical (unpaired) electrons. The Morgan fingerprint density at radius 2 is 2.10 bits per heavy atom. The Bertz CT molecular complexity index is 582. The second-order valence-electron chi connectivity index (χ2n) is 5.03. The molecule has 4 nitrogen and oxygen atoms in total. The molecule has 21 heavy (non-hydrogen) atoms. The molecule has 5 heteroatoms. The molecule has 0 aromatic carbocycles. The predicted molar refractivity (Wildman–Crippen MR) is 83.9 cm³/mol. The Kier molecular flexibility index (Phi) is 4.52. The van der Waals surface area contributed by atoms with Crippen LogP contribution in [0.2, 0.25) is 0 Å². The van der Waals surface area contributed by atoms with Crippen LogP contribution in [0.25, 0.3) is 6.08 Å². The first-order valence-electron chi connectivity index (χ1n) is 7.06.